The lowest BCUT2D eigenvalue weighted by molar-refractivity contribution is 0.112. The minimum atomic E-state index is -4.57. The van der Waals surface area contributed by atoms with E-state index in [9.17, 15) is 17.8 Å². The summed E-state index contributed by atoms with van der Waals surface area (Å²) in [4.78, 5) is 9.71. The number of phenolic OH excluding ortho intramolecular Hbond substituents is 1. The van der Waals surface area contributed by atoms with Gasteiger partial charge in [0, 0.05) is 0 Å². The Kier molecular flexibility index (Phi) is 2.35. The summed E-state index contributed by atoms with van der Waals surface area (Å²) in [6.45, 7) is 0. The van der Waals surface area contributed by atoms with Crippen LogP contribution in [0.15, 0.2) is 23.1 Å². The maximum absolute atomic E-state index is 10.5. The van der Waals surface area contributed by atoms with Crippen molar-refractivity contribution in [3.63, 3.8) is 0 Å². The maximum Gasteiger partial charge on any atom is 0.153 e. The molecule has 0 aliphatic rings. The Labute approximate surface area is 74.4 Å². The average Bonchev–Trinajstić information content (AvgIpc) is 2.03. The molecule has 5 nitrogen and oxygen atoms in total. The van der Waals surface area contributed by atoms with E-state index in [1.54, 1.807) is 0 Å². The lowest BCUT2D eigenvalue weighted by Gasteiger charge is -2.07. The summed E-state index contributed by atoms with van der Waals surface area (Å²) >= 11 is 0. The number of hydrogen-bond acceptors (Lipinski definition) is 5. The molecular weight excluding hydrogens is 196 g/mol. The summed E-state index contributed by atoms with van der Waals surface area (Å²) < 4.78 is 31.4. The SMILES string of the molecule is O=Cc1cc(S(=O)(=O)[O-])ccc1O. The molecule has 0 saturated carbocycles. The Morgan fingerprint density at radius 1 is 1.38 bits per heavy atom. The normalized spacial score (nSPS) is 11.2. The van der Waals surface area contributed by atoms with Crippen LogP contribution in [0.5, 0.6) is 5.75 Å². The fourth-order valence-corrected chi connectivity index (χ4v) is 1.29. The van der Waals surface area contributed by atoms with Crippen LogP contribution in [-0.4, -0.2) is 24.4 Å². The number of hydrogen-bond donors (Lipinski definition) is 1. The van der Waals surface area contributed by atoms with Gasteiger partial charge >= 0.3 is 0 Å². The van der Waals surface area contributed by atoms with Crippen LogP contribution in [0.1, 0.15) is 10.4 Å². The van der Waals surface area contributed by atoms with Crippen LogP contribution < -0.4 is 0 Å². The van der Waals surface area contributed by atoms with E-state index in [1.807, 2.05) is 0 Å². The zero-order chi connectivity index (χ0) is 10.1. The molecule has 1 aromatic carbocycles. The highest BCUT2D eigenvalue weighted by molar-refractivity contribution is 7.85. The minimum Gasteiger partial charge on any atom is -0.744 e. The minimum absolute atomic E-state index is 0.225. The highest BCUT2D eigenvalue weighted by atomic mass is 32.2. The Morgan fingerprint density at radius 2 is 2.00 bits per heavy atom. The highest BCUT2D eigenvalue weighted by Crippen LogP contribution is 2.18. The van der Waals surface area contributed by atoms with E-state index in [0.29, 0.717) is 0 Å². The van der Waals surface area contributed by atoms with Gasteiger partial charge < -0.3 is 9.66 Å². The molecule has 1 N–H and O–H groups in total. The molecule has 0 atom stereocenters. The van der Waals surface area contributed by atoms with Gasteiger partial charge in [-0.05, 0) is 18.2 Å². The molecular formula is C7H5O5S-. The number of carbonyl (C=O) groups excluding carboxylic acids is 1. The first-order chi connectivity index (χ1) is 5.95. The van der Waals surface area contributed by atoms with Crippen molar-refractivity contribution >= 4 is 16.4 Å². The predicted molar refractivity (Wildman–Crippen MR) is 41.5 cm³/mol. The molecule has 0 unspecified atom stereocenters. The van der Waals surface area contributed by atoms with Crippen molar-refractivity contribution in [2.24, 2.45) is 0 Å². The molecule has 0 bridgehead atoms. The van der Waals surface area contributed by atoms with Gasteiger partial charge in [-0.1, -0.05) is 0 Å². The van der Waals surface area contributed by atoms with Crippen LogP contribution in [0.2, 0.25) is 0 Å². The quantitative estimate of drug-likeness (QED) is 0.541. The molecule has 0 aliphatic heterocycles. The zero-order valence-electron chi connectivity index (χ0n) is 6.30. The third-order valence-electron chi connectivity index (χ3n) is 1.41. The number of carbonyl (C=O) groups is 1. The van der Waals surface area contributed by atoms with E-state index < -0.39 is 15.0 Å². The van der Waals surface area contributed by atoms with Gasteiger partial charge in [-0.3, -0.25) is 4.79 Å². The molecule has 13 heavy (non-hydrogen) atoms. The van der Waals surface area contributed by atoms with Crippen molar-refractivity contribution in [1.29, 1.82) is 0 Å². The molecule has 0 amide bonds. The third-order valence-corrected chi connectivity index (χ3v) is 2.25. The average molecular weight is 201 g/mol. The Balaban J connectivity index is 3.38. The van der Waals surface area contributed by atoms with Gasteiger partial charge in [0.1, 0.15) is 15.9 Å². The third kappa shape index (κ3) is 2.04. The molecule has 0 fully saturated rings. The Hall–Kier alpha value is -1.40. The van der Waals surface area contributed by atoms with E-state index in [0.717, 1.165) is 18.2 Å². The van der Waals surface area contributed by atoms with Crippen molar-refractivity contribution in [2.75, 3.05) is 0 Å². The van der Waals surface area contributed by atoms with Crippen LogP contribution in [0.4, 0.5) is 0 Å². The first-order valence-corrected chi connectivity index (χ1v) is 4.60. The highest BCUT2D eigenvalue weighted by Gasteiger charge is 2.05. The second-order valence-electron chi connectivity index (χ2n) is 2.29. The van der Waals surface area contributed by atoms with Crippen molar-refractivity contribution in [3.05, 3.63) is 23.8 Å². The lowest BCUT2D eigenvalue weighted by Crippen LogP contribution is -1.99. The predicted octanol–water partition coefficient (Wildman–Crippen LogP) is 0.109. The van der Waals surface area contributed by atoms with Crippen LogP contribution in [0.25, 0.3) is 0 Å². The first-order valence-electron chi connectivity index (χ1n) is 3.19. The number of aldehydes is 1. The molecule has 1 aromatic rings. The monoisotopic (exact) mass is 201 g/mol. The summed E-state index contributed by atoms with van der Waals surface area (Å²) in [6, 6.07) is 2.74. The van der Waals surface area contributed by atoms with Crippen molar-refractivity contribution in [3.8, 4) is 5.75 Å². The van der Waals surface area contributed by atoms with Crippen LogP contribution in [0, 0.1) is 0 Å². The number of benzene rings is 1. The fourth-order valence-electron chi connectivity index (χ4n) is 0.783. The maximum atomic E-state index is 10.5. The fraction of sp³-hybridized carbons (Fsp3) is 0. The van der Waals surface area contributed by atoms with Gasteiger partial charge in [-0.25, -0.2) is 8.42 Å². The van der Waals surface area contributed by atoms with Gasteiger partial charge in [0.25, 0.3) is 0 Å². The second-order valence-corrected chi connectivity index (χ2v) is 3.67. The number of aromatic hydroxyl groups is 1. The van der Waals surface area contributed by atoms with Crippen molar-refractivity contribution < 1.29 is 22.9 Å². The summed E-state index contributed by atoms with van der Waals surface area (Å²) in [6.07, 6.45) is 0.268. The molecule has 0 heterocycles. The van der Waals surface area contributed by atoms with Crippen molar-refractivity contribution in [1.82, 2.24) is 0 Å². The van der Waals surface area contributed by atoms with E-state index in [4.69, 9.17) is 5.11 Å². The van der Waals surface area contributed by atoms with Crippen LogP contribution >= 0.6 is 0 Å². The van der Waals surface area contributed by atoms with Crippen molar-refractivity contribution in [2.45, 2.75) is 4.90 Å². The molecule has 6 heteroatoms. The number of rotatable bonds is 2. The molecule has 0 radical (unpaired) electrons. The van der Waals surface area contributed by atoms with E-state index in [-0.39, 0.29) is 17.6 Å². The summed E-state index contributed by atoms with van der Waals surface area (Å²) in [5, 5.41) is 8.97. The summed E-state index contributed by atoms with van der Waals surface area (Å²) in [5.41, 5.74) is -0.225. The van der Waals surface area contributed by atoms with Gasteiger partial charge in [0.05, 0.1) is 10.5 Å². The van der Waals surface area contributed by atoms with E-state index >= 15 is 0 Å². The van der Waals surface area contributed by atoms with Gasteiger partial charge in [0.15, 0.2) is 6.29 Å². The second kappa shape index (κ2) is 3.15. The largest absolute Gasteiger partial charge is 0.744 e. The Bertz CT molecular complexity index is 434. The van der Waals surface area contributed by atoms with Crippen LogP contribution in [0.3, 0.4) is 0 Å². The molecule has 0 aromatic heterocycles. The van der Waals surface area contributed by atoms with E-state index in [1.165, 1.54) is 0 Å². The zero-order valence-corrected chi connectivity index (χ0v) is 7.11. The molecule has 1 rings (SSSR count). The molecule has 0 aliphatic carbocycles. The number of phenols is 1. The standard InChI is InChI=1S/C7H6O5S/c8-4-5-3-6(13(10,11)12)1-2-7(5)9/h1-4,9H,(H,10,11,12)/p-1. The Morgan fingerprint density at radius 3 is 2.46 bits per heavy atom. The molecule has 0 saturated heterocycles. The summed E-state index contributed by atoms with van der Waals surface area (Å²) in [7, 11) is -4.57. The molecule has 0 spiro atoms. The summed E-state index contributed by atoms with van der Waals surface area (Å²) in [5.74, 6) is -0.359. The van der Waals surface area contributed by atoms with Gasteiger partial charge in [-0.15, -0.1) is 0 Å². The first kappa shape index (κ1) is 9.69. The molecule has 70 valence electrons. The van der Waals surface area contributed by atoms with Crippen LogP contribution in [-0.2, 0) is 10.1 Å². The topological polar surface area (TPSA) is 94.5 Å². The lowest BCUT2D eigenvalue weighted by atomic mass is 10.2. The smallest absolute Gasteiger partial charge is 0.153 e. The van der Waals surface area contributed by atoms with Gasteiger partial charge in [0.2, 0.25) is 0 Å². The van der Waals surface area contributed by atoms with E-state index in [2.05, 4.69) is 0 Å². The van der Waals surface area contributed by atoms with Gasteiger partial charge in [-0.2, -0.15) is 0 Å².